The summed E-state index contributed by atoms with van der Waals surface area (Å²) in [5, 5.41) is 8.73. The summed E-state index contributed by atoms with van der Waals surface area (Å²) in [5.74, 6) is -0.0533. The maximum atomic E-state index is 14.0. The first kappa shape index (κ1) is 31.9. The van der Waals surface area contributed by atoms with E-state index in [0.717, 1.165) is 11.3 Å². The lowest BCUT2D eigenvalue weighted by Crippen LogP contribution is -2.59. The van der Waals surface area contributed by atoms with Gasteiger partial charge in [-0.05, 0) is 70.5 Å². The molecular weight excluding hydrogens is 571 g/mol. The van der Waals surface area contributed by atoms with E-state index in [0.29, 0.717) is 42.4 Å². The second kappa shape index (κ2) is 13.1. The van der Waals surface area contributed by atoms with Gasteiger partial charge >= 0.3 is 6.09 Å². The van der Waals surface area contributed by atoms with E-state index in [2.05, 4.69) is 28.6 Å². The minimum Gasteiger partial charge on any atom is -0.444 e. The van der Waals surface area contributed by atoms with E-state index in [-0.39, 0.29) is 25.3 Å². The number of anilines is 2. The summed E-state index contributed by atoms with van der Waals surface area (Å²) >= 11 is 4.57. The van der Waals surface area contributed by atoms with Crippen LogP contribution in [0.25, 0.3) is 11.3 Å². The Morgan fingerprint density at radius 2 is 1.72 bits per heavy atom. The molecule has 0 radical (unpaired) electrons. The molecule has 1 aliphatic heterocycles. The van der Waals surface area contributed by atoms with Crippen LogP contribution >= 0.6 is 12.6 Å². The highest BCUT2D eigenvalue weighted by molar-refractivity contribution is 7.82. The average molecular weight is 611 g/mol. The molecule has 0 spiro atoms. The van der Waals surface area contributed by atoms with Gasteiger partial charge in [0.25, 0.3) is 5.91 Å². The van der Waals surface area contributed by atoms with Gasteiger partial charge in [0.15, 0.2) is 4.87 Å². The van der Waals surface area contributed by atoms with Crippen LogP contribution in [0.2, 0.25) is 0 Å². The third kappa shape index (κ3) is 8.07. The van der Waals surface area contributed by atoms with Crippen LogP contribution < -0.4 is 16.0 Å². The van der Waals surface area contributed by atoms with Gasteiger partial charge in [0, 0.05) is 30.9 Å². The van der Waals surface area contributed by atoms with E-state index in [1.165, 1.54) is 17.0 Å². The number of aromatic nitrogens is 2. The van der Waals surface area contributed by atoms with Crippen molar-refractivity contribution >= 4 is 42.0 Å². The molecule has 3 amide bonds. The number of hydrogen-bond acceptors (Lipinski definition) is 7. The van der Waals surface area contributed by atoms with E-state index in [4.69, 9.17) is 9.72 Å². The number of hydrogen-bond donors (Lipinski definition) is 4. The number of nitrogens with zero attached hydrogens (tertiary/aromatic N) is 3. The summed E-state index contributed by atoms with van der Waals surface area (Å²) in [6.45, 7) is 10.2. The first-order chi connectivity index (χ1) is 20.3. The maximum absolute atomic E-state index is 14.0. The maximum Gasteiger partial charge on any atom is 0.409 e. The number of carbonyl (C=O) groups is 3. The van der Waals surface area contributed by atoms with Crippen molar-refractivity contribution in [3.8, 4) is 11.3 Å². The number of amides is 3. The molecule has 0 aliphatic carbocycles. The van der Waals surface area contributed by atoms with E-state index in [1.807, 2.05) is 42.7 Å². The number of fused-ring (bicyclic) bond motifs is 1. The summed E-state index contributed by atoms with van der Waals surface area (Å²) in [7, 11) is 0. The van der Waals surface area contributed by atoms with E-state index >= 15 is 0 Å². The van der Waals surface area contributed by atoms with Crippen molar-refractivity contribution < 1.29 is 23.5 Å². The van der Waals surface area contributed by atoms with Gasteiger partial charge in [-0.2, -0.15) is 0 Å². The van der Waals surface area contributed by atoms with E-state index in [9.17, 15) is 18.8 Å². The van der Waals surface area contributed by atoms with Crippen molar-refractivity contribution in [3.63, 3.8) is 0 Å². The lowest BCUT2D eigenvalue weighted by Gasteiger charge is -2.36. The molecule has 1 aromatic heterocycles. The quantitative estimate of drug-likeness (QED) is 0.197. The summed E-state index contributed by atoms with van der Waals surface area (Å²) in [5.41, 5.74) is 2.46. The topological polar surface area (TPSA) is 118 Å². The van der Waals surface area contributed by atoms with Crippen LogP contribution in [0.15, 0.2) is 48.5 Å². The van der Waals surface area contributed by atoms with Crippen molar-refractivity contribution in [2.45, 2.75) is 71.0 Å². The van der Waals surface area contributed by atoms with Crippen molar-refractivity contribution in [2.24, 2.45) is 0 Å². The zero-order valence-corrected chi connectivity index (χ0v) is 26.1. The number of carbonyl (C=O) groups excluding carboxylic acids is 3. The van der Waals surface area contributed by atoms with Crippen molar-refractivity contribution in [2.75, 3.05) is 18.4 Å². The highest BCUT2D eigenvalue weighted by Gasteiger charge is 2.43. The number of alkyl carbamates (subject to hydrolysis) is 1. The Bertz CT molecular complexity index is 1470. The Kier molecular flexibility index (Phi) is 9.69. The van der Waals surface area contributed by atoms with Crippen LogP contribution in [-0.2, 0) is 27.4 Å². The van der Waals surface area contributed by atoms with Gasteiger partial charge in [0.05, 0.1) is 13.0 Å². The summed E-state index contributed by atoms with van der Waals surface area (Å²) in [6, 6.07) is 14.0. The Hall–Kier alpha value is -4.06. The first-order valence-electron chi connectivity index (χ1n) is 14.3. The Labute approximate surface area is 256 Å². The molecule has 1 atom stereocenters. The molecule has 230 valence electrons. The number of imidazole rings is 1. The highest BCUT2D eigenvalue weighted by Crippen LogP contribution is 2.34. The van der Waals surface area contributed by atoms with Gasteiger partial charge < -0.3 is 24.8 Å². The minimum absolute atomic E-state index is 0.0947. The number of thiol groups is 1. The number of ether oxygens (including phenoxy) is 1. The first-order valence-corrected chi connectivity index (χ1v) is 14.7. The summed E-state index contributed by atoms with van der Waals surface area (Å²) < 4.78 is 21.1. The van der Waals surface area contributed by atoms with Gasteiger partial charge in [-0.3, -0.25) is 14.9 Å². The second-order valence-corrected chi connectivity index (χ2v) is 12.4. The van der Waals surface area contributed by atoms with Crippen LogP contribution in [0, 0.1) is 12.7 Å². The molecule has 1 aliphatic rings. The molecule has 0 saturated heterocycles. The Morgan fingerprint density at radius 1 is 1.05 bits per heavy atom. The second-order valence-electron chi connectivity index (χ2n) is 11.6. The number of rotatable bonds is 9. The molecule has 2 aromatic carbocycles. The molecule has 2 heterocycles. The largest absolute Gasteiger partial charge is 0.444 e. The molecule has 12 heteroatoms. The number of aryl methyl sites for hydroxylation is 1. The lowest BCUT2D eigenvalue weighted by atomic mass is 10.1. The molecule has 1 unspecified atom stereocenters. The van der Waals surface area contributed by atoms with E-state index < -0.39 is 28.4 Å². The van der Waals surface area contributed by atoms with Gasteiger partial charge in [-0.25, -0.2) is 14.2 Å². The van der Waals surface area contributed by atoms with Gasteiger partial charge in [0.1, 0.15) is 28.8 Å². The summed E-state index contributed by atoms with van der Waals surface area (Å²) in [6.07, 6.45) is -0.538. The molecule has 4 rings (SSSR count). The van der Waals surface area contributed by atoms with Crippen LogP contribution in [0.1, 0.15) is 51.9 Å². The van der Waals surface area contributed by atoms with Gasteiger partial charge in [-0.15, -0.1) is 12.6 Å². The van der Waals surface area contributed by atoms with Crippen molar-refractivity contribution in [1.29, 1.82) is 0 Å². The van der Waals surface area contributed by atoms with Crippen LogP contribution in [0.5, 0.6) is 0 Å². The molecule has 0 fully saturated rings. The molecular formula is C31H39FN6O4S. The molecule has 3 aromatic rings. The number of benzene rings is 2. The highest BCUT2D eigenvalue weighted by atomic mass is 32.1. The van der Waals surface area contributed by atoms with Crippen LogP contribution in [0.3, 0.4) is 0 Å². The average Bonchev–Trinajstić information content (AvgIpc) is 3.29. The van der Waals surface area contributed by atoms with E-state index in [1.54, 1.807) is 32.9 Å². The third-order valence-electron chi connectivity index (χ3n) is 6.74. The molecule has 0 bridgehead atoms. The summed E-state index contributed by atoms with van der Waals surface area (Å²) in [4.78, 5) is 43.9. The van der Waals surface area contributed by atoms with Crippen molar-refractivity contribution in [1.82, 2.24) is 25.1 Å². The molecule has 3 N–H and O–H groups in total. The zero-order valence-electron chi connectivity index (χ0n) is 25.2. The fourth-order valence-corrected chi connectivity index (χ4v) is 5.06. The lowest BCUT2D eigenvalue weighted by molar-refractivity contribution is -0.138. The van der Waals surface area contributed by atoms with Crippen molar-refractivity contribution in [3.05, 3.63) is 65.7 Å². The fraction of sp³-hybridized carbons (Fsp3) is 0.419. The normalized spacial score (nSPS) is 14.3. The monoisotopic (exact) mass is 610 g/mol. The predicted molar refractivity (Wildman–Crippen MR) is 167 cm³/mol. The molecule has 43 heavy (non-hydrogen) atoms. The fourth-order valence-electron chi connectivity index (χ4n) is 4.68. The van der Waals surface area contributed by atoms with Gasteiger partial charge in [-0.1, -0.05) is 24.6 Å². The minimum atomic E-state index is -1.86. The zero-order chi connectivity index (χ0) is 31.4. The number of halogens is 1. The standard InChI is InChI=1S/C31H39FN6O4S/c1-6-15-33-25(39)18-31(43,36-29(41)42-30(3,4)5)28(40)37-16-17-38-24(19-37)35-26(21-9-11-22(32)12-10-21)27(38)34-23-13-7-20(2)8-14-23/h7-14,34,43H,6,15-19H2,1-5H3,(H,33,39)(H,36,41). The van der Waals surface area contributed by atoms with Crippen LogP contribution in [0.4, 0.5) is 20.7 Å². The number of nitrogens with one attached hydrogen (secondary N) is 3. The SMILES string of the molecule is CCCNC(=O)CC(S)(NC(=O)OC(C)(C)C)C(=O)N1CCn2c(nc(-c3ccc(F)cc3)c2Nc2ccc(C)cc2)C1. The third-order valence-corrected chi connectivity index (χ3v) is 7.20. The molecule has 10 nitrogen and oxygen atoms in total. The smallest absolute Gasteiger partial charge is 0.409 e. The van der Waals surface area contributed by atoms with Gasteiger partial charge in [0.2, 0.25) is 5.91 Å². The molecule has 0 saturated carbocycles. The predicted octanol–water partition coefficient (Wildman–Crippen LogP) is 5.15. The van der Waals surface area contributed by atoms with Crippen LogP contribution in [-0.4, -0.2) is 55.9 Å². The Balaban J connectivity index is 1.65. The Morgan fingerprint density at radius 3 is 2.35 bits per heavy atom.